The average molecular weight is 137 g/mol. The maximum atomic E-state index is 8.89. The summed E-state index contributed by atoms with van der Waals surface area (Å²) in [5.41, 5.74) is 0.537. The highest BCUT2D eigenvalue weighted by Gasteiger charge is 1.96. The fraction of sp³-hybridized carbons (Fsp3) is 0. The lowest BCUT2D eigenvalue weighted by Crippen LogP contribution is -1.67. The number of nitrogens with zero attached hydrogens (tertiary/aromatic N) is 1. The molecule has 0 bridgehead atoms. The SMILES string of the molecule is C=Nc1ccc(O)c(O)c1. The zero-order chi connectivity index (χ0) is 7.56. The van der Waals surface area contributed by atoms with Gasteiger partial charge in [-0.15, -0.1) is 0 Å². The summed E-state index contributed by atoms with van der Waals surface area (Å²) in [7, 11) is 0. The van der Waals surface area contributed by atoms with Crippen LogP contribution in [-0.4, -0.2) is 16.9 Å². The van der Waals surface area contributed by atoms with E-state index in [0.717, 1.165) is 0 Å². The highest BCUT2D eigenvalue weighted by atomic mass is 16.3. The largest absolute Gasteiger partial charge is 0.504 e. The Morgan fingerprint density at radius 2 is 1.90 bits per heavy atom. The van der Waals surface area contributed by atoms with E-state index in [-0.39, 0.29) is 11.5 Å². The number of phenols is 2. The number of aliphatic imine (C=N–C) groups is 1. The van der Waals surface area contributed by atoms with Crippen LogP contribution in [-0.2, 0) is 0 Å². The Balaban J connectivity index is 3.16. The van der Waals surface area contributed by atoms with Crippen molar-refractivity contribution in [3.8, 4) is 11.5 Å². The van der Waals surface area contributed by atoms with Crippen LogP contribution in [0.4, 0.5) is 5.69 Å². The van der Waals surface area contributed by atoms with Crippen molar-refractivity contribution in [3.05, 3.63) is 18.2 Å². The van der Waals surface area contributed by atoms with Crippen molar-refractivity contribution in [3.63, 3.8) is 0 Å². The summed E-state index contributed by atoms with van der Waals surface area (Å²) in [5.74, 6) is -0.322. The average Bonchev–Trinajstić information content (AvgIpc) is 1.95. The molecule has 3 heteroatoms. The van der Waals surface area contributed by atoms with E-state index < -0.39 is 0 Å². The van der Waals surface area contributed by atoms with Crippen molar-refractivity contribution in [2.45, 2.75) is 0 Å². The van der Waals surface area contributed by atoms with Gasteiger partial charge in [-0.25, -0.2) is 0 Å². The smallest absolute Gasteiger partial charge is 0.159 e. The van der Waals surface area contributed by atoms with Gasteiger partial charge in [0.1, 0.15) is 0 Å². The first-order valence-electron chi connectivity index (χ1n) is 2.73. The lowest BCUT2D eigenvalue weighted by molar-refractivity contribution is 0.404. The molecule has 0 spiro atoms. The molecule has 1 rings (SSSR count). The van der Waals surface area contributed by atoms with Crippen LogP contribution >= 0.6 is 0 Å². The molecule has 2 N–H and O–H groups in total. The molecule has 1 aromatic carbocycles. The van der Waals surface area contributed by atoms with Crippen molar-refractivity contribution in [2.24, 2.45) is 4.99 Å². The molecule has 52 valence electrons. The topological polar surface area (TPSA) is 52.8 Å². The van der Waals surface area contributed by atoms with Crippen LogP contribution in [0.25, 0.3) is 0 Å². The highest BCUT2D eigenvalue weighted by Crippen LogP contribution is 2.28. The summed E-state index contributed by atoms with van der Waals surface area (Å²) in [6, 6.07) is 4.25. The minimum atomic E-state index is -0.176. The van der Waals surface area contributed by atoms with Crippen LogP contribution in [0.15, 0.2) is 23.2 Å². The predicted octanol–water partition coefficient (Wildman–Crippen LogP) is 1.43. The Bertz CT molecular complexity index is 258. The first-order valence-corrected chi connectivity index (χ1v) is 2.73. The summed E-state index contributed by atoms with van der Waals surface area (Å²) in [6.45, 7) is 3.26. The van der Waals surface area contributed by atoms with Gasteiger partial charge in [0.25, 0.3) is 0 Å². The lowest BCUT2D eigenvalue weighted by Gasteiger charge is -1.96. The van der Waals surface area contributed by atoms with Gasteiger partial charge in [0, 0.05) is 6.07 Å². The van der Waals surface area contributed by atoms with Gasteiger partial charge < -0.3 is 10.2 Å². The predicted molar refractivity (Wildman–Crippen MR) is 39.0 cm³/mol. The highest BCUT2D eigenvalue weighted by molar-refractivity contribution is 5.53. The Morgan fingerprint density at radius 3 is 2.40 bits per heavy atom. The van der Waals surface area contributed by atoms with Gasteiger partial charge in [-0.1, -0.05) is 0 Å². The molecule has 0 fully saturated rings. The van der Waals surface area contributed by atoms with Gasteiger partial charge in [-0.3, -0.25) is 4.99 Å². The summed E-state index contributed by atoms with van der Waals surface area (Å²) >= 11 is 0. The molecule has 0 heterocycles. The third-order valence-corrected chi connectivity index (χ3v) is 1.14. The number of rotatable bonds is 1. The van der Waals surface area contributed by atoms with Crippen LogP contribution in [0.2, 0.25) is 0 Å². The van der Waals surface area contributed by atoms with E-state index in [0.29, 0.717) is 5.69 Å². The van der Waals surface area contributed by atoms with E-state index in [1.807, 2.05) is 0 Å². The number of hydrogen-bond donors (Lipinski definition) is 2. The Morgan fingerprint density at radius 1 is 1.20 bits per heavy atom. The van der Waals surface area contributed by atoms with Gasteiger partial charge in [-0.2, -0.15) is 0 Å². The zero-order valence-electron chi connectivity index (χ0n) is 5.28. The van der Waals surface area contributed by atoms with Gasteiger partial charge in [0.05, 0.1) is 5.69 Å². The van der Waals surface area contributed by atoms with Gasteiger partial charge in [0.15, 0.2) is 11.5 Å². The first-order chi connectivity index (χ1) is 4.74. The summed E-state index contributed by atoms with van der Waals surface area (Å²) in [4.78, 5) is 3.55. The van der Waals surface area contributed by atoms with E-state index in [2.05, 4.69) is 11.7 Å². The fourth-order valence-corrected chi connectivity index (χ4v) is 0.610. The normalized spacial score (nSPS) is 9.20. The van der Waals surface area contributed by atoms with E-state index >= 15 is 0 Å². The lowest BCUT2D eigenvalue weighted by atomic mass is 10.3. The number of aromatic hydroxyl groups is 2. The third-order valence-electron chi connectivity index (χ3n) is 1.14. The zero-order valence-corrected chi connectivity index (χ0v) is 5.28. The van der Waals surface area contributed by atoms with Crippen LogP contribution < -0.4 is 0 Å². The van der Waals surface area contributed by atoms with Crippen molar-refractivity contribution in [1.29, 1.82) is 0 Å². The van der Waals surface area contributed by atoms with E-state index in [4.69, 9.17) is 10.2 Å². The minimum absolute atomic E-state index is 0.146. The molecule has 0 radical (unpaired) electrons. The number of phenolic OH excluding ortho intramolecular Hbond substituents is 2. The Labute approximate surface area is 58.3 Å². The van der Waals surface area contributed by atoms with Gasteiger partial charge in [-0.05, 0) is 18.9 Å². The van der Waals surface area contributed by atoms with Crippen LogP contribution in [0.5, 0.6) is 11.5 Å². The maximum Gasteiger partial charge on any atom is 0.159 e. The van der Waals surface area contributed by atoms with Crippen LogP contribution in [0.1, 0.15) is 0 Å². The second-order valence-electron chi connectivity index (χ2n) is 1.83. The maximum absolute atomic E-state index is 8.89. The van der Waals surface area contributed by atoms with E-state index in [1.54, 1.807) is 6.07 Å². The number of hydrogen-bond acceptors (Lipinski definition) is 3. The molecule has 3 nitrogen and oxygen atoms in total. The molecule has 0 aliphatic rings. The second kappa shape index (κ2) is 2.39. The van der Waals surface area contributed by atoms with Gasteiger partial charge in [0.2, 0.25) is 0 Å². The molecule has 0 aliphatic carbocycles. The molecular formula is C7H7NO2. The monoisotopic (exact) mass is 137 g/mol. The molecule has 0 amide bonds. The Hall–Kier alpha value is -1.51. The van der Waals surface area contributed by atoms with E-state index in [9.17, 15) is 0 Å². The third kappa shape index (κ3) is 1.07. The molecular weight excluding hydrogens is 130 g/mol. The van der Waals surface area contributed by atoms with Crippen molar-refractivity contribution >= 4 is 12.4 Å². The van der Waals surface area contributed by atoms with Crippen LogP contribution in [0.3, 0.4) is 0 Å². The Kier molecular flexibility index (Phi) is 1.58. The standard InChI is InChI=1S/C7H7NO2/c1-8-5-2-3-6(9)7(10)4-5/h2-4,9-10H,1H2. The number of benzene rings is 1. The summed E-state index contributed by atoms with van der Waals surface area (Å²) < 4.78 is 0. The van der Waals surface area contributed by atoms with Crippen molar-refractivity contribution in [1.82, 2.24) is 0 Å². The summed E-state index contributed by atoms with van der Waals surface area (Å²) in [5, 5.41) is 17.7. The molecule has 10 heavy (non-hydrogen) atoms. The molecule has 1 aromatic rings. The first kappa shape index (κ1) is 6.61. The molecule has 0 aliphatic heterocycles. The summed E-state index contributed by atoms with van der Waals surface area (Å²) in [6.07, 6.45) is 0. The fourth-order valence-electron chi connectivity index (χ4n) is 0.610. The molecule has 0 aromatic heterocycles. The van der Waals surface area contributed by atoms with Gasteiger partial charge >= 0.3 is 0 Å². The van der Waals surface area contributed by atoms with Crippen molar-refractivity contribution in [2.75, 3.05) is 0 Å². The molecule has 0 saturated carbocycles. The molecule has 0 saturated heterocycles. The second-order valence-corrected chi connectivity index (χ2v) is 1.83. The molecule has 0 unspecified atom stereocenters. The van der Waals surface area contributed by atoms with Crippen LogP contribution in [0, 0.1) is 0 Å². The van der Waals surface area contributed by atoms with Crippen molar-refractivity contribution < 1.29 is 10.2 Å². The molecule has 0 atom stereocenters. The minimum Gasteiger partial charge on any atom is -0.504 e. The quantitative estimate of drug-likeness (QED) is 0.454. The van der Waals surface area contributed by atoms with E-state index in [1.165, 1.54) is 12.1 Å².